The lowest BCUT2D eigenvalue weighted by Gasteiger charge is -2.53. The third-order valence-electron chi connectivity index (χ3n) is 3.97. The molecule has 3 heteroatoms. The van der Waals surface area contributed by atoms with Crippen LogP contribution < -0.4 is 11.1 Å². The van der Waals surface area contributed by atoms with Crippen LogP contribution in [0.3, 0.4) is 0 Å². The highest BCUT2D eigenvalue weighted by Crippen LogP contribution is 2.34. The lowest BCUT2D eigenvalue weighted by Crippen LogP contribution is -2.69. The third kappa shape index (κ3) is 1.69. The number of nitrogens with one attached hydrogen (secondary N) is 1. The molecule has 3 aliphatic heterocycles. The van der Waals surface area contributed by atoms with Crippen LogP contribution in [-0.4, -0.2) is 43.2 Å². The van der Waals surface area contributed by atoms with E-state index < -0.39 is 0 Å². The Morgan fingerprint density at radius 2 is 2.14 bits per heavy atom. The van der Waals surface area contributed by atoms with Crippen molar-refractivity contribution in [3.05, 3.63) is 0 Å². The molecule has 2 bridgehead atoms. The van der Waals surface area contributed by atoms with E-state index in [0.29, 0.717) is 0 Å². The Balaban J connectivity index is 2.03. The second kappa shape index (κ2) is 4.17. The third-order valence-corrected chi connectivity index (χ3v) is 3.97. The van der Waals surface area contributed by atoms with Crippen LogP contribution in [0.15, 0.2) is 0 Å². The summed E-state index contributed by atoms with van der Waals surface area (Å²) in [6.45, 7) is 7.89. The topological polar surface area (TPSA) is 41.3 Å². The van der Waals surface area contributed by atoms with Gasteiger partial charge >= 0.3 is 0 Å². The van der Waals surface area contributed by atoms with Crippen LogP contribution >= 0.6 is 0 Å². The van der Waals surface area contributed by atoms with Crippen LogP contribution in [0.25, 0.3) is 0 Å². The highest BCUT2D eigenvalue weighted by molar-refractivity contribution is 5.04. The zero-order valence-electron chi connectivity index (χ0n) is 9.26. The molecule has 3 nitrogen and oxygen atoms in total. The Hall–Kier alpha value is -0.120. The van der Waals surface area contributed by atoms with Gasteiger partial charge in [0, 0.05) is 18.6 Å². The van der Waals surface area contributed by atoms with Crippen molar-refractivity contribution in [2.45, 2.75) is 31.7 Å². The molecule has 0 saturated carbocycles. The number of rotatable bonds is 4. The molecule has 1 atom stereocenters. The summed E-state index contributed by atoms with van der Waals surface area (Å²) < 4.78 is 0. The number of nitrogens with two attached hydrogens (primary N) is 1. The number of hydrogen-bond acceptors (Lipinski definition) is 3. The molecule has 0 radical (unpaired) electrons. The first kappa shape index (κ1) is 10.4. The zero-order valence-corrected chi connectivity index (χ0v) is 9.26. The Morgan fingerprint density at radius 1 is 1.43 bits per heavy atom. The van der Waals surface area contributed by atoms with Gasteiger partial charge in [-0.25, -0.2) is 0 Å². The summed E-state index contributed by atoms with van der Waals surface area (Å²) in [7, 11) is 0. The van der Waals surface area contributed by atoms with Gasteiger partial charge in [0.05, 0.1) is 0 Å². The van der Waals surface area contributed by atoms with Crippen LogP contribution in [0.5, 0.6) is 0 Å². The maximum absolute atomic E-state index is 5.98. The van der Waals surface area contributed by atoms with E-state index in [9.17, 15) is 0 Å². The van der Waals surface area contributed by atoms with Gasteiger partial charge in [-0.2, -0.15) is 0 Å². The Kier molecular flexibility index (Phi) is 3.10. The van der Waals surface area contributed by atoms with Crippen molar-refractivity contribution >= 4 is 0 Å². The average molecular weight is 197 g/mol. The van der Waals surface area contributed by atoms with E-state index >= 15 is 0 Å². The fourth-order valence-corrected chi connectivity index (χ4v) is 3.05. The molecule has 3 saturated heterocycles. The van der Waals surface area contributed by atoms with E-state index in [1.807, 2.05) is 0 Å². The van der Waals surface area contributed by atoms with Gasteiger partial charge in [0.25, 0.3) is 0 Å². The maximum atomic E-state index is 5.98. The first-order valence-electron chi connectivity index (χ1n) is 5.98. The molecular formula is C11H23N3. The molecule has 82 valence electrons. The first-order valence-corrected chi connectivity index (χ1v) is 5.98. The van der Waals surface area contributed by atoms with Gasteiger partial charge in [-0.3, -0.25) is 0 Å². The van der Waals surface area contributed by atoms with Gasteiger partial charge in [0.2, 0.25) is 0 Å². The van der Waals surface area contributed by atoms with Crippen LogP contribution in [0, 0.1) is 5.92 Å². The van der Waals surface area contributed by atoms with Crippen LogP contribution in [-0.2, 0) is 0 Å². The van der Waals surface area contributed by atoms with Gasteiger partial charge < -0.3 is 16.0 Å². The molecule has 3 heterocycles. The summed E-state index contributed by atoms with van der Waals surface area (Å²) in [5.41, 5.74) is 6.22. The highest BCUT2D eigenvalue weighted by Gasteiger charge is 2.45. The van der Waals surface area contributed by atoms with Gasteiger partial charge in [0.1, 0.15) is 0 Å². The summed E-state index contributed by atoms with van der Waals surface area (Å²) in [5.74, 6) is 0.823. The molecule has 0 aromatic rings. The van der Waals surface area contributed by atoms with Crippen LogP contribution in [0.2, 0.25) is 0 Å². The van der Waals surface area contributed by atoms with Gasteiger partial charge in [-0.1, -0.05) is 6.92 Å². The first-order chi connectivity index (χ1) is 6.80. The molecule has 1 unspecified atom stereocenters. The fraction of sp³-hybridized carbons (Fsp3) is 1.00. The molecule has 3 N–H and O–H groups in total. The Bertz CT molecular complexity index is 187. The molecule has 0 spiro atoms. The fourth-order valence-electron chi connectivity index (χ4n) is 3.05. The van der Waals surface area contributed by atoms with Gasteiger partial charge in [-0.05, 0) is 44.8 Å². The van der Waals surface area contributed by atoms with Crippen molar-refractivity contribution < 1.29 is 0 Å². The van der Waals surface area contributed by atoms with E-state index in [0.717, 1.165) is 19.0 Å². The SMILES string of the molecule is CCCNC1(CN)CN2CCC1CC2. The molecule has 0 aliphatic carbocycles. The minimum absolute atomic E-state index is 0.243. The largest absolute Gasteiger partial charge is 0.329 e. The van der Waals surface area contributed by atoms with E-state index in [2.05, 4.69) is 17.1 Å². The predicted molar refractivity (Wildman–Crippen MR) is 59.2 cm³/mol. The van der Waals surface area contributed by atoms with Gasteiger partial charge in [-0.15, -0.1) is 0 Å². The second-order valence-corrected chi connectivity index (χ2v) is 4.84. The van der Waals surface area contributed by atoms with Crippen molar-refractivity contribution in [3.63, 3.8) is 0 Å². The van der Waals surface area contributed by atoms with E-state index in [1.165, 1.54) is 38.9 Å². The highest BCUT2D eigenvalue weighted by atomic mass is 15.2. The molecule has 14 heavy (non-hydrogen) atoms. The van der Waals surface area contributed by atoms with Crippen molar-refractivity contribution in [1.82, 2.24) is 10.2 Å². The van der Waals surface area contributed by atoms with Crippen LogP contribution in [0.1, 0.15) is 26.2 Å². The lowest BCUT2D eigenvalue weighted by atomic mass is 9.72. The average Bonchev–Trinajstić information content (AvgIpc) is 2.28. The Morgan fingerprint density at radius 3 is 2.57 bits per heavy atom. The van der Waals surface area contributed by atoms with E-state index in [1.54, 1.807) is 0 Å². The number of fused-ring (bicyclic) bond motifs is 3. The molecule has 3 rings (SSSR count). The summed E-state index contributed by atoms with van der Waals surface area (Å²) in [6, 6.07) is 0. The molecule has 0 amide bonds. The van der Waals surface area contributed by atoms with E-state index in [4.69, 9.17) is 5.73 Å². The lowest BCUT2D eigenvalue weighted by molar-refractivity contribution is 0.0113. The zero-order chi connectivity index (χ0) is 10.0. The predicted octanol–water partition coefficient (Wildman–Crippen LogP) is 0.409. The molecule has 3 fully saturated rings. The molecule has 3 aliphatic rings. The summed E-state index contributed by atoms with van der Waals surface area (Å²) in [6.07, 6.45) is 3.89. The monoisotopic (exact) mass is 197 g/mol. The smallest absolute Gasteiger partial charge is 0.0462 e. The van der Waals surface area contributed by atoms with Gasteiger partial charge in [0.15, 0.2) is 0 Å². The minimum Gasteiger partial charge on any atom is -0.329 e. The standard InChI is InChI=1S/C11H23N3/c1-2-5-13-11(8-12)9-14-6-3-10(11)4-7-14/h10,13H,2-9,12H2,1H3. The summed E-state index contributed by atoms with van der Waals surface area (Å²) >= 11 is 0. The quantitative estimate of drug-likeness (QED) is 0.686. The van der Waals surface area contributed by atoms with Crippen LogP contribution in [0.4, 0.5) is 0 Å². The molecular weight excluding hydrogens is 174 g/mol. The molecule has 0 aromatic carbocycles. The van der Waals surface area contributed by atoms with Crippen molar-refractivity contribution in [2.24, 2.45) is 11.7 Å². The Labute approximate surface area is 87.0 Å². The van der Waals surface area contributed by atoms with Crippen molar-refractivity contribution in [2.75, 3.05) is 32.7 Å². The molecule has 0 aromatic heterocycles. The number of piperidine rings is 3. The maximum Gasteiger partial charge on any atom is 0.0462 e. The normalized spacial score (nSPS) is 41.6. The number of hydrogen-bond donors (Lipinski definition) is 2. The summed E-state index contributed by atoms with van der Waals surface area (Å²) in [4.78, 5) is 2.56. The van der Waals surface area contributed by atoms with E-state index in [-0.39, 0.29) is 5.54 Å². The number of nitrogens with zero attached hydrogens (tertiary/aromatic N) is 1. The van der Waals surface area contributed by atoms with Crippen molar-refractivity contribution in [1.29, 1.82) is 0 Å². The van der Waals surface area contributed by atoms with Crippen molar-refractivity contribution in [3.8, 4) is 0 Å². The minimum atomic E-state index is 0.243. The second-order valence-electron chi connectivity index (χ2n) is 4.84. The summed E-state index contributed by atoms with van der Waals surface area (Å²) in [5, 5.41) is 3.70.